The van der Waals surface area contributed by atoms with Crippen LogP contribution in [0.5, 0.6) is 0 Å². The molecular weight excluding hydrogens is 220 g/mol. The van der Waals surface area contributed by atoms with Gasteiger partial charge in [-0.2, -0.15) is 0 Å². The van der Waals surface area contributed by atoms with Crippen LogP contribution in [-0.2, 0) is 4.79 Å². The van der Waals surface area contributed by atoms with Crippen molar-refractivity contribution in [3.8, 4) is 0 Å². The maximum absolute atomic E-state index is 11.9. The van der Waals surface area contributed by atoms with Crippen molar-refractivity contribution >= 4 is 23.1 Å². The van der Waals surface area contributed by atoms with E-state index in [1.807, 2.05) is 0 Å². The van der Waals surface area contributed by atoms with E-state index in [0.717, 1.165) is 0 Å². The maximum Gasteiger partial charge on any atom is 0.222 e. The molecule has 1 aliphatic carbocycles. The van der Waals surface area contributed by atoms with Crippen LogP contribution in [0.4, 0.5) is 0 Å². The summed E-state index contributed by atoms with van der Waals surface area (Å²) < 4.78 is 0. The quantitative estimate of drug-likeness (QED) is 0.606. The highest BCUT2D eigenvalue weighted by molar-refractivity contribution is 7.80. The molecule has 0 unspecified atom stereocenters. The molecule has 0 saturated heterocycles. The summed E-state index contributed by atoms with van der Waals surface area (Å²) in [7, 11) is 1.78. The number of carbonyl (C=O) groups excluding carboxylic acids is 1. The van der Waals surface area contributed by atoms with E-state index in [0.29, 0.717) is 23.9 Å². The second-order valence-corrected chi connectivity index (χ2v) is 5.30. The minimum atomic E-state index is 0.180. The minimum Gasteiger partial charge on any atom is -0.392 e. The normalized spacial score (nSPS) is 17.8. The van der Waals surface area contributed by atoms with Crippen LogP contribution in [0.25, 0.3) is 0 Å². The lowest BCUT2D eigenvalue weighted by Crippen LogP contribution is -2.35. The zero-order valence-corrected chi connectivity index (χ0v) is 10.9. The Labute approximate surface area is 103 Å². The molecule has 0 aromatic carbocycles. The lowest BCUT2D eigenvalue weighted by molar-refractivity contribution is -0.130. The molecule has 0 aromatic rings. The molecule has 0 spiro atoms. The Balaban J connectivity index is 2.34. The van der Waals surface area contributed by atoms with Crippen LogP contribution >= 0.6 is 12.2 Å². The third kappa shape index (κ3) is 4.92. The summed E-state index contributed by atoms with van der Waals surface area (Å²) in [6, 6.07) is 0. The van der Waals surface area contributed by atoms with Gasteiger partial charge in [-0.25, -0.2) is 0 Å². The fraction of sp³-hybridized carbons (Fsp3) is 0.833. The van der Waals surface area contributed by atoms with E-state index < -0.39 is 0 Å². The first-order valence-electron chi connectivity index (χ1n) is 6.12. The van der Waals surface area contributed by atoms with Gasteiger partial charge < -0.3 is 10.6 Å². The first-order valence-corrected chi connectivity index (χ1v) is 6.52. The number of rotatable bonds is 4. The summed E-state index contributed by atoms with van der Waals surface area (Å²) >= 11 is 4.80. The van der Waals surface area contributed by atoms with Crippen LogP contribution in [0.15, 0.2) is 0 Å². The number of carbonyl (C=O) groups is 1. The second kappa shape index (κ2) is 6.84. The van der Waals surface area contributed by atoms with E-state index in [1.165, 1.54) is 38.5 Å². The summed E-state index contributed by atoms with van der Waals surface area (Å²) in [4.78, 5) is 13.9. The zero-order valence-electron chi connectivity index (χ0n) is 10.1. The molecule has 1 amide bonds. The average molecular weight is 242 g/mol. The van der Waals surface area contributed by atoms with Crippen molar-refractivity contribution in [2.75, 3.05) is 13.6 Å². The summed E-state index contributed by atoms with van der Waals surface area (Å²) in [5, 5.41) is 0. The van der Waals surface area contributed by atoms with Gasteiger partial charge in [0, 0.05) is 13.5 Å². The van der Waals surface area contributed by atoms with Crippen molar-refractivity contribution in [3.63, 3.8) is 0 Å². The number of likely N-dealkylation sites (N-methyl/N-ethyl adjacent to an activating group) is 1. The van der Waals surface area contributed by atoms with E-state index in [4.69, 9.17) is 18.0 Å². The number of nitrogens with zero attached hydrogens (tertiary/aromatic N) is 1. The van der Waals surface area contributed by atoms with Crippen molar-refractivity contribution in [2.45, 2.75) is 44.9 Å². The molecule has 4 heteroatoms. The van der Waals surface area contributed by atoms with Crippen molar-refractivity contribution in [3.05, 3.63) is 0 Å². The molecule has 0 heterocycles. The largest absolute Gasteiger partial charge is 0.392 e. The van der Waals surface area contributed by atoms with Gasteiger partial charge in [0.1, 0.15) is 0 Å². The highest BCUT2D eigenvalue weighted by Crippen LogP contribution is 2.25. The topological polar surface area (TPSA) is 46.3 Å². The predicted molar refractivity (Wildman–Crippen MR) is 70.2 cm³/mol. The third-order valence-electron chi connectivity index (χ3n) is 3.26. The Morgan fingerprint density at radius 3 is 2.38 bits per heavy atom. The number of nitrogens with two attached hydrogens (primary N) is 1. The van der Waals surface area contributed by atoms with Gasteiger partial charge in [-0.1, -0.05) is 37.9 Å². The van der Waals surface area contributed by atoms with Crippen molar-refractivity contribution in [1.29, 1.82) is 0 Å². The molecule has 0 aromatic heterocycles. The van der Waals surface area contributed by atoms with Gasteiger partial charge in [-0.3, -0.25) is 4.79 Å². The summed E-state index contributed by atoms with van der Waals surface area (Å²) in [5.74, 6) is 0.753. The molecule has 0 radical (unpaired) electrons. The van der Waals surface area contributed by atoms with E-state index in [9.17, 15) is 4.79 Å². The van der Waals surface area contributed by atoms with Crippen LogP contribution < -0.4 is 5.73 Å². The molecule has 1 rings (SSSR count). The van der Waals surface area contributed by atoms with E-state index in [1.54, 1.807) is 11.9 Å². The number of hydrogen-bond acceptors (Lipinski definition) is 2. The van der Waals surface area contributed by atoms with Gasteiger partial charge in [0.15, 0.2) is 0 Å². The maximum atomic E-state index is 11.9. The van der Waals surface area contributed by atoms with Crippen molar-refractivity contribution in [2.24, 2.45) is 11.7 Å². The van der Waals surface area contributed by atoms with E-state index >= 15 is 0 Å². The van der Waals surface area contributed by atoms with Crippen molar-refractivity contribution in [1.82, 2.24) is 4.90 Å². The molecule has 0 aliphatic heterocycles. The van der Waals surface area contributed by atoms with Gasteiger partial charge in [0.25, 0.3) is 0 Å². The Kier molecular flexibility index (Phi) is 5.74. The van der Waals surface area contributed by atoms with Gasteiger partial charge in [0.2, 0.25) is 5.91 Å². The standard InChI is InChI=1S/C12H22N2OS/c1-14(9-11(13)16)12(15)8-10-6-4-2-3-5-7-10/h10H,2-9H2,1H3,(H2,13,16). The van der Waals surface area contributed by atoms with Crippen LogP contribution in [0.2, 0.25) is 0 Å². The fourth-order valence-electron chi connectivity index (χ4n) is 2.29. The van der Waals surface area contributed by atoms with E-state index in [-0.39, 0.29) is 5.91 Å². The molecule has 16 heavy (non-hydrogen) atoms. The smallest absolute Gasteiger partial charge is 0.222 e. The molecule has 0 bridgehead atoms. The lowest BCUT2D eigenvalue weighted by Gasteiger charge is -2.20. The second-order valence-electron chi connectivity index (χ2n) is 4.78. The Bertz CT molecular complexity index is 247. The van der Waals surface area contributed by atoms with Gasteiger partial charge in [-0.05, 0) is 18.8 Å². The monoisotopic (exact) mass is 242 g/mol. The predicted octanol–water partition coefficient (Wildman–Crippen LogP) is 2.09. The highest BCUT2D eigenvalue weighted by atomic mass is 32.1. The minimum absolute atomic E-state index is 0.180. The molecule has 0 atom stereocenters. The highest BCUT2D eigenvalue weighted by Gasteiger charge is 2.18. The third-order valence-corrected chi connectivity index (χ3v) is 3.39. The molecule has 2 N–H and O–H groups in total. The molecular formula is C12H22N2OS. The summed E-state index contributed by atoms with van der Waals surface area (Å²) in [5.41, 5.74) is 5.43. The van der Waals surface area contributed by atoms with Crippen LogP contribution in [0, 0.1) is 5.92 Å². The summed E-state index contributed by atoms with van der Waals surface area (Å²) in [6.07, 6.45) is 8.27. The zero-order chi connectivity index (χ0) is 12.0. The summed E-state index contributed by atoms with van der Waals surface area (Å²) in [6.45, 7) is 0.404. The number of thiocarbonyl (C=S) groups is 1. The Hall–Kier alpha value is -0.640. The van der Waals surface area contributed by atoms with Crippen LogP contribution in [0.3, 0.4) is 0 Å². The first-order chi connectivity index (χ1) is 7.59. The van der Waals surface area contributed by atoms with Gasteiger partial charge in [-0.15, -0.1) is 0 Å². The molecule has 1 fully saturated rings. The molecule has 3 nitrogen and oxygen atoms in total. The first kappa shape index (κ1) is 13.4. The Morgan fingerprint density at radius 2 is 1.88 bits per heavy atom. The van der Waals surface area contributed by atoms with E-state index in [2.05, 4.69) is 0 Å². The fourth-order valence-corrected chi connectivity index (χ4v) is 2.49. The lowest BCUT2D eigenvalue weighted by atomic mass is 9.96. The number of hydrogen-bond donors (Lipinski definition) is 1. The SMILES string of the molecule is CN(CC(N)=S)C(=O)CC1CCCCCC1. The van der Waals surface area contributed by atoms with Crippen molar-refractivity contribution < 1.29 is 4.79 Å². The Morgan fingerprint density at radius 1 is 1.31 bits per heavy atom. The molecule has 1 aliphatic rings. The average Bonchev–Trinajstić information content (AvgIpc) is 2.45. The molecule has 1 saturated carbocycles. The molecule has 92 valence electrons. The van der Waals surface area contributed by atoms with Crippen LogP contribution in [-0.4, -0.2) is 29.4 Å². The number of amides is 1. The van der Waals surface area contributed by atoms with Gasteiger partial charge in [0.05, 0.1) is 11.5 Å². The van der Waals surface area contributed by atoms with Crippen LogP contribution in [0.1, 0.15) is 44.9 Å². The van der Waals surface area contributed by atoms with Gasteiger partial charge >= 0.3 is 0 Å².